The van der Waals surface area contributed by atoms with Gasteiger partial charge in [-0.15, -0.1) is 4.83 Å². The Labute approximate surface area is 111 Å². The molecule has 0 amide bonds. The lowest BCUT2D eigenvalue weighted by molar-refractivity contribution is 0.544. The Kier molecular flexibility index (Phi) is 5.58. The Hall–Kier alpha value is -1.11. The van der Waals surface area contributed by atoms with E-state index in [0.29, 0.717) is 6.54 Å². The molecule has 18 heavy (non-hydrogen) atoms. The molecule has 0 spiro atoms. The highest BCUT2D eigenvalue weighted by molar-refractivity contribution is 7.77. The molecule has 1 rings (SSSR count). The number of rotatable bonds is 6. The van der Waals surface area contributed by atoms with Crippen molar-refractivity contribution in [3.05, 3.63) is 23.3 Å². The minimum atomic E-state index is -2.08. The Morgan fingerprint density at radius 3 is 2.61 bits per heavy atom. The lowest BCUT2D eigenvalue weighted by atomic mass is 10.0. The highest BCUT2D eigenvalue weighted by Crippen LogP contribution is 2.27. The minimum absolute atomic E-state index is 0.586. The molecule has 6 heteroatoms. The van der Waals surface area contributed by atoms with Crippen molar-refractivity contribution in [3.8, 4) is 0 Å². The number of benzene rings is 1. The predicted molar refractivity (Wildman–Crippen MR) is 76.5 cm³/mol. The lowest BCUT2D eigenvalue weighted by Crippen LogP contribution is -2.39. The fourth-order valence-electron chi connectivity index (χ4n) is 2.02. The van der Waals surface area contributed by atoms with Crippen LogP contribution in [-0.2, 0) is 17.7 Å². The topological polar surface area (TPSA) is 78.6 Å². The summed E-state index contributed by atoms with van der Waals surface area (Å²) in [6.45, 7) is 6.59. The quantitative estimate of drug-likeness (QED) is 0.420. The van der Waals surface area contributed by atoms with Crippen molar-refractivity contribution < 1.29 is 8.76 Å². The molecule has 0 aliphatic heterocycles. The summed E-state index contributed by atoms with van der Waals surface area (Å²) in [7, 11) is 0. The number of hydrogen-bond donors (Lipinski definition) is 3. The van der Waals surface area contributed by atoms with Gasteiger partial charge in [-0.25, -0.2) is 4.21 Å². The molecule has 5 nitrogen and oxygen atoms in total. The van der Waals surface area contributed by atoms with Crippen molar-refractivity contribution in [2.24, 2.45) is 0 Å². The van der Waals surface area contributed by atoms with E-state index in [2.05, 4.69) is 11.8 Å². The van der Waals surface area contributed by atoms with Crippen LogP contribution in [0.3, 0.4) is 0 Å². The van der Waals surface area contributed by atoms with Gasteiger partial charge in [-0.2, -0.15) is 0 Å². The summed E-state index contributed by atoms with van der Waals surface area (Å²) in [6.07, 6.45) is 1.92. The zero-order chi connectivity index (χ0) is 13.7. The molecule has 1 atom stereocenters. The number of hydrazine groups is 1. The first-order valence-electron chi connectivity index (χ1n) is 6.03. The van der Waals surface area contributed by atoms with Crippen LogP contribution in [0.1, 0.15) is 31.4 Å². The molecular weight excluding hydrogens is 250 g/mol. The molecule has 4 N–H and O–H groups in total. The van der Waals surface area contributed by atoms with E-state index < -0.39 is 11.3 Å². The molecule has 1 aromatic rings. The lowest BCUT2D eigenvalue weighted by Gasteiger charge is -2.25. The van der Waals surface area contributed by atoms with Gasteiger partial charge in [0.15, 0.2) is 0 Å². The number of hydrogen-bond acceptors (Lipinski definition) is 3. The van der Waals surface area contributed by atoms with Crippen molar-refractivity contribution in [3.63, 3.8) is 0 Å². The van der Waals surface area contributed by atoms with Crippen LogP contribution < -0.4 is 15.6 Å². The average molecular weight is 271 g/mol. The van der Waals surface area contributed by atoms with Gasteiger partial charge in [-0.3, -0.25) is 9.56 Å². The van der Waals surface area contributed by atoms with Crippen LogP contribution in [0.25, 0.3) is 0 Å². The van der Waals surface area contributed by atoms with Crippen LogP contribution in [0.2, 0.25) is 0 Å². The third-order valence-electron chi connectivity index (χ3n) is 2.90. The molecule has 0 bridgehead atoms. The highest BCUT2D eigenvalue weighted by atomic mass is 32.2. The number of nitrogens with one attached hydrogen (secondary N) is 1. The second-order valence-corrected chi connectivity index (χ2v) is 4.79. The molecule has 1 aromatic carbocycles. The Morgan fingerprint density at radius 2 is 2.11 bits per heavy atom. The van der Waals surface area contributed by atoms with Gasteiger partial charge in [0.05, 0.1) is 5.69 Å². The summed E-state index contributed by atoms with van der Waals surface area (Å²) < 4.78 is 19.8. The van der Waals surface area contributed by atoms with Crippen LogP contribution in [0.4, 0.5) is 11.4 Å². The van der Waals surface area contributed by atoms with Gasteiger partial charge in [0, 0.05) is 12.2 Å². The molecule has 0 saturated carbocycles. The molecule has 0 aliphatic rings. The molecule has 0 fully saturated rings. The maximum Gasteiger partial charge on any atom is 0.250 e. The Bertz CT molecular complexity index is 438. The maximum absolute atomic E-state index is 10.9. The van der Waals surface area contributed by atoms with E-state index in [1.165, 1.54) is 0 Å². The van der Waals surface area contributed by atoms with E-state index in [0.717, 1.165) is 35.3 Å². The standard InChI is InChI=1S/C12H21N3O2S/c1-4-6-10-9(3)12(8-7-11(10)13)15(5-2)14-18(16)17/h7-8,14H,4-6,13H2,1-3H3,(H,16,17). The zero-order valence-corrected chi connectivity index (χ0v) is 11.9. The molecule has 0 aliphatic carbocycles. The molecule has 0 heterocycles. The van der Waals surface area contributed by atoms with Crippen LogP contribution in [-0.4, -0.2) is 15.3 Å². The van der Waals surface area contributed by atoms with Crippen molar-refractivity contribution in [1.82, 2.24) is 4.83 Å². The van der Waals surface area contributed by atoms with Gasteiger partial charge in [0.1, 0.15) is 0 Å². The first kappa shape index (κ1) is 14.9. The molecule has 0 radical (unpaired) electrons. The van der Waals surface area contributed by atoms with E-state index in [4.69, 9.17) is 10.3 Å². The maximum atomic E-state index is 10.9. The van der Waals surface area contributed by atoms with Crippen LogP contribution >= 0.6 is 0 Å². The molecular formula is C12H21N3O2S. The second-order valence-electron chi connectivity index (χ2n) is 4.11. The number of nitrogen functional groups attached to an aromatic ring is 1. The number of anilines is 2. The summed E-state index contributed by atoms with van der Waals surface area (Å²) >= 11 is -2.08. The van der Waals surface area contributed by atoms with E-state index in [1.807, 2.05) is 26.0 Å². The summed E-state index contributed by atoms with van der Waals surface area (Å²) in [5.41, 5.74) is 9.80. The fourth-order valence-corrected chi connectivity index (χ4v) is 2.43. The van der Waals surface area contributed by atoms with E-state index in [-0.39, 0.29) is 0 Å². The van der Waals surface area contributed by atoms with Gasteiger partial charge < -0.3 is 5.73 Å². The van der Waals surface area contributed by atoms with E-state index in [9.17, 15) is 4.21 Å². The highest BCUT2D eigenvalue weighted by Gasteiger charge is 2.13. The Morgan fingerprint density at radius 1 is 1.44 bits per heavy atom. The number of nitrogens with two attached hydrogens (primary N) is 1. The third kappa shape index (κ3) is 3.44. The fraction of sp³-hybridized carbons (Fsp3) is 0.500. The van der Waals surface area contributed by atoms with Gasteiger partial charge >= 0.3 is 0 Å². The summed E-state index contributed by atoms with van der Waals surface area (Å²) in [5.74, 6) is 0. The number of nitrogens with zero attached hydrogens (tertiary/aromatic N) is 1. The second kappa shape index (κ2) is 6.72. The van der Waals surface area contributed by atoms with Crippen LogP contribution in [0.5, 0.6) is 0 Å². The van der Waals surface area contributed by atoms with Crippen LogP contribution in [0.15, 0.2) is 12.1 Å². The summed E-state index contributed by atoms with van der Waals surface area (Å²) in [4.78, 5) is 2.50. The van der Waals surface area contributed by atoms with E-state index in [1.54, 1.807) is 5.01 Å². The average Bonchev–Trinajstić information content (AvgIpc) is 2.32. The minimum Gasteiger partial charge on any atom is -0.398 e. The third-order valence-corrected chi connectivity index (χ3v) is 3.28. The van der Waals surface area contributed by atoms with Crippen molar-refractivity contribution in [1.29, 1.82) is 0 Å². The van der Waals surface area contributed by atoms with Crippen molar-refractivity contribution in [2.75, 3.05) is 17.3 Å². The van der Waals surface area contributed by atoms with Crippen molar-refractivity contribution in [2.45, 2.75) is 33.6 Å². The zero-order valence-electron chi connectivity index (χ0n) is 11.1. The van der Waals surface area contributed by atoms with E-state index >= 15 is 0 Å². The molecule has 102 valence electrons. The first-order chi connectivity index (χ1) is 8.51. The van der Waals surface area contributed by atoms with Crippen molar-refractivity contribution >= 4 is 22.6 Å². The van der Waals surface area contributed by atoms with Gasteiger partial charge in [0.2, 0.25) is 0 Å². The Balaban J connectivity index is 3.15. The SMILES string of the molecule is CCCc1c(N)ccc(N(CC)NS(=O)O)c1C. The summed E-state index contributed by atoms with van der Waals surface area (Å²) in [6, 6.07) is 3.71. The van der Waals surface area contributed by atoms with Gasteiger partial charge in [0.25, 0.3) is 11.3 Å². The molecule has 0 aromatic heterocycles. The largest absolute Gasteiger partial charge is 0.398 e. The molecule has 0 saturated heterocycles. The monoisotopic (exact) mass is 271 g/mol. The first-order valence-corrected chi connectivity index (χ1v) is 7.14. The summed E-state index contributed by atoms with van der Waals surface area (Å²) in [5, 5.41) is 1.66. The molecule has 1 unspecified atom stereocenters. The normalized spacial score (nSPS) is 12.4. The smallest absolute Gasteiger partial charge is 0.250 e. The van der Waals surface area contributed by atoms with Gasteiger partial charge in [-0.05, 0) is 43.5 Å². The predicted octanol–water partition coefficient (Wildman–Crippen LogP) is 2.00. The van der Waals surface area contributed by atoms with Crippen LogP contribution in [0, 0.1) is 6.92 Å². The van der Waals surface area contributed by atoms with Gasteiger partial charge in [-0.1, -0.05) is 13.3 Å².